The van der Waals surface area contributed by atoms with Gasteiger partial charge in [0.2, 0.25) is 0 Å². The Morgan fingerprint density at radius 3 is 2.08 bits per heavy atom. The Morgan fingerprint density at radius 2 is 1.69 bits per heavy atom. The summed E-state index contributed by atoms with van der Waals surface area (Å²) in [5.74, 6) is 0.907. The molecule has 0 N–H and O–H groups in total. The van der Waals surface area contributed by atoms with Crippen molar-refractivity contribution >= 4 is 0 Å². The number of aryl methyl sites for hydroxylation is 2. The second-order valence-electron chi connectivity index (χ2n) is 2.68. The van der Waals surface area contributed by atoms with E-state index in [1.807, 2.05) is 40.8 Å². The SMILES string of the molecule is CC.COc1c(C)ncc(C)c1C. The molecule has 0 aliphatic rings. The Kier molecular flexibility index (Phi) is 5.12. The van der Waals surface area contributed by atoms with Crippen molar-refractivity contribution in [1.29, 1.82) is 0 Å². The molecule has 2 heteroatoms. The summed E-state index contributed by atoms with van der Waals surface area (Å²) in [5, 5.41) is 0. The summed E-state index contributed by atoms with van der Waals surface area (Å²) < 4.78 is 5.19. The van der Waals surface area contributed by atoms with Crippen LogP contribution in [-0.2, 0) is 0 Å². The molecule has 0 aliphatic heterocycles. The quantitative estimate of drug-likeness (QED) is 0.664. The average Bonchev–Trinajstić information content (AvgIpc) is 2.16. The van der Waals surface area contributed by atoms with Crippen LogP contribution in [-0.4, -0.2) is 12.1 Å². The maximum atomic E-state index is 5.19. The predicted octanol–water partition coefficient (Wildman–Crippen LogP) is 3.04. The van der Waals surface area contributed by atoms with Gasteiger partial charge in [-0.05, 0) is 31.9 Å². The number of nitrogens with zero attached hydrogens (tertiary/aromatic N) is 1. The minimum absolute atomic E-state index is 0.907. The molecule has 2 nitrogen and oxygen atoms in total. The molecule has 0 saturated heterocycles. The van der Waals surface area contributed by atoms with Gasteiger partial charge < -0.3 is 4.74 Å². The molecule has 0 bridgehead atoms. The normalized spacial score (nSPS) is 8.77. The number of pyridine rings is 1. The lowest BCUT2D eigenvalue weighted by molar-refractivity contribution is 0.405. The Morgan fingerprint density at radius 1 is 1.15 bits per heavy atom. The summed E-state index contributed by atoms with van der Waals surface area (Å²) in [5.41, 5.74) is 3.31. The molecule has 0 unspecified atom stereocenters. The van der Waals surface area contributed by atoms with Crippen LogP contribution in [0, 0.1) is 20.8 Å². The van der Waals surface area contributed by atoms with Crippen molar-refractivity contribution in [1.82, 2.24) is 4.98 Å². The zero-order valence-electron chi connectivity index (χ0n) is 9.43. The van der Waals surface area contributed by atoms with Gasteiger partial charge in [-0.2, -0.15) is 0 Å². The van der Waals surface area contributed by atoms with E-state index in [0.29, 0.717) is 0 Å². The lowest BCUT2D eigenvalue weighted by Crippen LogP contribution is -1.95. The lowest BCUT2D eigenvalue weighted by atomic mass is 10.1. The fourth-order valence-corrected chi connectivity index (χ4v) is 1.10. The van der Waals surface area contributed by atoms with Crippen molar-refractivity contribution in [2.45, 2.75) is 34.6 Å². The number of rotatable bonds is 1. The van der Waals surface area contributed by atoms with E-state index in [-0.39, 0.29) is 0 Å². The van der Waals surface area contributed by atoms with Gasteiger partial charge in [0.1, 0.15) is 5.75 Å². The first-order chi connectivity index (χ1) is 6.16. The van der Waals surface area contributed by atoms with Gasteiger partial charge in [0.15, 0.2) is 0 Å². The highest BCUT2D eigenvalue weighted by atomic mass is 16.5. The van der Waals surface area contributed by atoms with Crippen LogP contribution in [0.15, 0.2) is 6.20 Å². The zero-order valence-corrected chi connectivity index (χ0v) is 9.43. The van der Waals surface area contributed by atoms with Crippen LogP contribution >= 0.6 is 0 Å². The summed E-state index contributed by atoms with van der Waals surface area (Å²) in [7, 11) is 1.68. The van der Waals surface area contributed by atoms with Gasteiger partial charge in [0.25, 0.3) is 0 Å². The fraction of sp³-hybridized carbons (Fsp3) is 0.545. The van der Waals surface area contributed by atoms with Crippen LogP contribution in [0.1, 0.15) is 30.7 Å². The topological polar surface area (TPSA) is 22.1 Å². The zero-order chi connectivity index (χ0) is 10.4. The molecule has 0 aliphatic carbocycles. The molecule has 0 atom stereocenters. The smallest absolute Gasteiger partial charge is 0.143 e. The third-order valence-corrected chi connectivity index (χ3v) is 1.92. The molecule has 1 rings (SSSR count). The Bertz CT molecular complexity index is 269. The molecule has 13 heavy (non-hydrogen) atoms. The second kappa shape index (κ2) is 5.57. The maximum Gasteiger partial charge on any atom is 0.143 e. The van der Waals surface area contributed by atoms with E-state index in [1.165, 1.54) is 11.1 Å². The van der Waals surface area contributed by atoms with Gasteiger partial charge >= 0.3 is 0 Å². The van der Waals surface area contributed by atoms with Crippen LogP contribution in [0.2, 0.25) is 0 Å². The number of aromatic nitrogens is 1. The molecule has 0 amide bonds. The summed E-state index contributed by atoms with van der Waals surface area (Å²) in [4.78, 5) is 4.19. The number of methoxy groups -OCH3 is 1. The molecule has 0 aromatic carbocycles. The summed E-state index contributed by atoms with van der Waals surface area (Å²) >= 11 is 0. The highest BCUT2D eigenvalue weighted by Gasteiger charge is 2.04. The molecule has 1 aromatic rings. The van der Waals surface area contributed by atoms with Crippen LogP contribution in [0.3, 0.4) is 0 Å². The predicted molar refractivity (Wildman–Crippen MR) is 56.3 cm³/mol. The monoisotopic (exact) mass is 181 g/mol. The molecule has 0 saturated carbocycles. The molecular weight excluding hydrogens is 162 g/mol. The van der Waals surface area contributed by atoms with E-state index < -0.39 is 0 Å². The molecule has 1 aromatic heterocycles. The Hall–Kier alpha value is -1.05. The van der Waals surface area contributed by atoms with E-state index in [2.05, 4.69) is 4.98 Å². The molecule has 1 heterocycles. The first-order valence-corrected chi connectivity index (χ1v) is 4.63. The maximum absolute atomic E-state index is 5.19. The molecular formula is C11H19NO. The number of hydrogen-bond donors (Lipinski definition) is 0. The Labute approximate surface area is 81.0 Å². The van der Waals surface area contributed by atoms with Crippen molar-refractivity contribution in [3.05, 3.63) is 23.0 Å². The first kappa shape index (κ1) is 11.9. The Balaban J connectivity index is 0.000000671. The van der Waals surface area contributed by atoms with Crippen molar-refractivity contribution < 1.29 is 4.74 Å². The van der Waals surface area contributed by atoms with E-state index in [1.54, 1.807) is 7.11 Å². The van der Waals surface area contributed by atoms with Gasteiger partial charge in [0, 0.05) is 6.20 Å². The average molecular weight is 181 g/mol. The van der Waals surface area contributed by atoms with E-state index in [4.69, 9.17) is 4.74 Å². The third kappa shape index (κ3) is 2.72. The molecule has 74 valence electrons. The van der Waals surface area contributed by atoms with Gasteiger partial charge in [-0.15, -0.1) is 0 Å². The van der Waals surface area contributed by atoms with Gasteiger partial charge in [0.05, 0.1) is 12.8 Å². The van der Waals surface area contributed by atoms with Crippen molar-refractivity contribution in [3.63, 3.8) is 0 Å². The summed E-state index contributed by atoms with van der Waals surface area (Å²) in [6, 6.07) is 0. The number of hydrogen-bond acceptors (Lipinski definition) is 2. The minimum Gasteiger partial charge on any atom is -0.495 e. The summed E-state index contributed by atoms with van der Waals surface area (Å²) in [6.45, 7) is 10.0. The first-order valence-electron chi connectivity index (χ1n) is 4.63. The highest BCUT2D eigenvalue weighted by Crippen LogP contribution is 2.22. The van der Waals surface area contributed by atoms with Crippen LogP contribution in [0.25, 0.3) is 0 Å². The van der Waals surface area contributed by atoms with Gasteiger partial charge in [-0.1, -0.05) is 13.8 Å². The van der Waals surface area contributed by atoms with Crippen LogP contribution < -0.4 is 4.74 Å². The summed E-state index contributed by atoms with van der Waals surface area (Å²) in [6.07, 6.45) is 1.87. The van der Waals surface area contributed by atoms with E-state index in [0.717, 1.165) is 11.4 Å². The van der Waals surface area contributed by atoms with Crippen LogP contribution in [0.4, 0.5) is 0 Å². The van der Waals surface area contributed by atoms with Crippen molar-refractivity contribution in [2.75, 3.05) is 7.11 Å². The minimum atomic E-state index is 0.907. The standard InChI is InChI=1S/C9H13NO.C2H6/c1-6-5-10-8(3)9(11-4)7(6)2;1-2/h5H,1-4H3;1-2H3. The van der Waals surface area contributed by atoms with Crippen LogP contribution in [0.5, 0.6) is 5.75 Å². The van der Waals surface area contributed by atoms with Gasteiger partial charge in [-0.25, -0.2) is 0 Å². The largest absolute Gasteiger partial charge is 0.495 e. The lowest BCUT2D eigenvalue weighted by Gasteiger charge is -2.08. The fourth-order valence-electron chi connectivity index (χ4n) is 1.10. The highest BCUT2D eigenvalue weighted by molar-refractivity contribution is 5.39. The van der Waals surface area contributed by atoms with Crippen molar-refractivity contribution in [2.24, 2.45) is 0 Å². The number of ether oxygens (including phenoxy) is 1. The molecule has 0 radical (unpaired) electrons. The second-order valence-corrected chi connectivity index (χ2v) is 2.68. The van der Waals surface area contributed by atoms with Crippen molar-refractivity contribution in [3.8, 4) is 5.75 Å². The van der Waals surface area contributed by atoms with E-state index >= 15 is 0 Å². The molecule has 0 spiro atoms. The van der Waals surface area contributed by atoms with E-state index in [9.17, 15) is 0 Å². The molecule has 0 fully saturated rings. The third-order valence-electron chi connectivity index (χ3n) is 1.92. The van der Waals surface area contributed by atoms with Gasteiger partial charge in [-0.3, -0.25) is 4.98 Å².